The Morgan fingerprint density at radius 2 is 2.08 bits per heavy atom. The lowest BCUT2D eigenvalue weighted by Gasteiger charge is -2.33. The first-order valence-electron chi connectivity index (χ1n) is 9.12. The number of hydrogen-bond donors (Lipinski definition) is 0. The van der Waals surface area contributed by atoms with Gasteiger partial charge >= 0.3 is 0 Å². The van der Waals surface area contributed by atoms with E-state index in [9.17, 15) is 8.78 Å². The largest absolute Gasteiger partial charge is 0.464 e. The van der Waals surface area contributed by atoms with E-state index >= 15 is 0 Å². The van der Waals surface area contributed by atoms with E-state index < -0.39 is 12.5 Å². The molecule has 0 N–H and O–H groups in total. The highest BCUT2D eigenvalue weighted by Crippen LogP contribution is 2.33. The fourth-order valence-corrected chi connectivity index (χ4v) is 4.80. The van der Waals surface area contributed by atoms with Gasteiger partial charge in [-0.1, -0.05) is 50.4 Å². The molecule has 1 unspecified atom stereocenters. The number of hydrogen-bond acceptors (Lipinski definition) is 4. The standard InChI is InChI=1S/C18H28F2N2OS/c1-13(14-6-4-3-5-7-14)10-22-9-8-16-15(11-22)21-17(24-16)23-12-18(2,19)20/h13-14H,3-12H2,1-2H3. The van der Waals surface area contributed by atoms with Crippen molar-refractivity contribution in [1.82, 2.24) is 9.88 Å². The maximum Gasteiger partial charge on any atom is 0.278 e. The quantitative estimate of drug-likeness (QED) is 0.734. The van der Waals surface area contributed by atoms with Gasteiger partial charge in [-0.3, -0.25) is 4.90 Å². The minimum Gasteiger partial charge on any atom is -0.464 e. The van der Waals surface area contributed by atoms with Gasteiger partial charge in [0.2, 0.25) is 0 Å². The number of fused-ring (bicyclic) bond motifs is 1. The van der Waals surface area contributed by atoms with E-state index in [0.717, 1.165) is 50.5 Å². The first-order valence-corrected chi connectivity index (χ1v) is 9.94. The van der Waals surface area contributed by atoms with Gasteiger partial charge in [0.1, 0.15) is 0 Å². The summed E-state index contributed by atoms with van der Waals surface area (Å²) in [6, 6.07) is 0. The molecule has 6 heteroatoms. The summed E-state index contributed by atoms with van der Waals surface area (Å²) in [5, 5.41) is 0.392. The Labute approximate surface area is 147 Å². The number of rotatable bonds is 6. The van der Waals surface area contributed by atoms with Gasteiger partial charge in [0.15, 0.2) is 6.61 Å². The summed E-state index contributed by atoms with van der Waals surface area (Å²) < 4.78 is 31.0. The minimum absolute atomic E-state index is 0.392. The molecule has 2 heterocycles. The molecule has 1 saturated carbocycles. The molecule has 1 aromatic heterocycles. The molecule has 0 radical (unpaired) electrons. The van der Waals surface area contributed by atoms with E-state index in [1.807, 2.05) is 0 Å². The average Bonchev–Trinajstić information content (AvgIpc) is 2.95. The fourth-order valence-electron chi connectivity index (χ4n) is 3.89. The van der Waals surface area contributed by atoms with Crippen molar-refractivity contribution in [3.8, 4) is 5.19 Å². The third kappa shape index (κ3) is 4.88. The molecule has 0 amide bonds. The summed E-state index contributed by atoms with van der Waals surface area (Å²) in [5.41, 5.74) is 1.02. The van der Waals surface area contributed by atoms with Crippen LogP contribution in [0, 0.1) is 11.8 Å². The molecule has 3 nitrogen and oxygen atoms in total. The second-order valence-corrected chi connectivity index (χ2v) is 8.62. The smallest absolute Gasteiger partial charge is 0.278 e. The third-order valence-electron chi connectivity index (χ3n) is 5.24. The topological polar surface area (TPSA) is 25.4 Å². The van der Waals surface area contributed by atoms with Crippen LogP contribution in [0.5, 0.6) is 5.19 Å². The second kappa shape index (κ2) is 7.65. The monoisotopic (exact) mass is 358 g/mol. The van der Waals surface area contributed by atoms with Gasteiger partial charge in [-0.25, -0.2) is 13.8 Å². The van der Waals surface area contributed by atoms with E-state index in [4.69, 9.17) is 4.74 Å². The first-order chi connectivity index (χ1) is 11.4. The Morgan fingerprint density at radius 3 is 2.79 bits per heavy atom. The molecule has 2 aliphatic rings. The van der Waals surface area contributed by atoms with Gasteiger partial charge < -0.3 is 4.74 Å². The Hall–Kier alpha value is -0.750. The average molecular weight is 358 g/mol. The van der Waals surface area contributed by atoms with Crippen molar-refractivity contribution in [2.45, 2.75) is 64.8 Å². The van der Waals surface area contributed by atoms with E-state index in [2.05, 4.69) is 16.8 Å². The first kappa shape index (κ1) is 18.1. The summed E-state index contributed by atoms with van der Waals surface area (Å²) in [5.74, 6) is -1.23. The molecule has 0 saturated heterocycles. The summed E-state index contributed by atoms with van der Waals surface area (Å²) in [6.45, 7) is 5.64. The minimum atomic E-state index is -2.81. The zero-order chi connectivity index (χ0) is 17.2. The van der Waals surface area contributed by atoms with Crippen LogP contribution < -0.4 is 4.74 Å². The molecular formula is C18H28F2N2OS. The molecule has 24 heavy (non-hydrogen) atoms. The Morgan fingerprint density at radius 1 is 1.33 bits per heavy atom. The maximum absolute atomic E-state index is 12.9. The predicted octanol–water partition coefficient (Wildman–Crippen LogP) is 4.75. The number of alkyl halides is 2. The maximum atomic E-state index is 12.9. The molecule has 1 fully saturated rings. The van der Waals surface area contributed by atoms with E-state index in [0.29, 0.717) is 5.19 Å². The number of ether oxygens (including phenoxy) is 1. The van der Waals surface area contributed by atoms with Crippen LogP contribution in [0.2, 0.25) is 0 Å². The van der Waals surface area contributed by atoms with Crippen LogP contribution in [0.25, 0.3) is 0 Å². The molecular weight excluding hydrogens is 330 g/mol. The van der Waals surface area contributed by atoms with Crippen molar-refractivity contribution in [2.75, 3.05) is 19.7 Å². The van der Waals surface area contributed by atoms with Gasteiger partial charge in [0, 0.05) is 31.4 Å². The zero-order valence-corrected chi connectivity index (χ0v) is 15.5. The van der Waals surface area contributed by atoms with Crippen molar-refractivity contribution < 1.29 is 13.5 Å². The van der Waals surface area contributed by atoms with Crippen LogP contribution in [0.4, 0.5) is 8.78 Å². The van der Waals surface area contributed by atoms with Gasteiger partial charge in [0.25, 0.3) is 11.1 Å². The number of thiazole rings is 1. The lowest BCUT2D eigenvalue weighted by Crippen LogP contribution is -2.36. The molecule has 3 rings (SSSR count). The molecule has 1 atom stereocenters. The summed E-state index contributed by atoms with van der Waals surface area (Å²) in [6.07, 6.45) is 7.87. The van der Waals surface area contributed by atoms with Gasteiger partial charge in [0.05, 0.1) is 5.69 Å². The molecule has 1 aliphatic heterocycles. The number of aromatic nitrogens is 1. The fraction of sp³-hybridized carbons (Fsp3) is 0.833. The van der Waals surface area contributed by atoms with Crippen molar-refractivity contribution in [3.05, 3.63) is 10.6 Å². The summed E-state index contributed by atoms with van der Waals surface area (Å²) in [7, 11) is 0. The highest BCUT2D eigenvalue weighted by atomic mass is 32.1. The highest BCUT2D eigenvalue weighted by molar-refractivity contribution is 7.13. The second-order valence-electron chi connectivity index (χ2n) is 7.57. The van der Waals surface area contributed by atoms with Crippen molar-refractivity contribution in [1.29, 1.82) is 0 Å². The van der Waals surface area contributed by atoms with Crippen LogP contribution in [0.3, 0.4) is 0 Å². The van der Waals surface area contributed by atoms with Crippen LogP contribution in [-0.2, 0) is 13.0 Å². The molecule has 0 bridgehead atoms. The van der Waals surface area contributed by atoms with Crippen LogP contribution in [0.15, 0.2) is 0 Å². The summed E-state index contributed by atoms with van der Waals surface area (Å²) in [4.78, 5) is 8.12. The molecule has 0 spiro atoms. The lowest BCUT2D eigenvalue weighted by molar-refractivity contribution is -0.0230. The van der Waals surface area contributed by atoms with Crippen LogP contribution >= 0.6 is 11.3 Å². The Balaban J connectivity index is 1.53. The van der Waals surface area contributed by atoms with Crippen molar-refractivity contribution >= 4 is 11.3 Å². The molecule has 0 aromatic carbocycles. The number of halogens is 2. The van der Waals surface area contributed by atoms with E-state index in [1.165, 1.54) is 48.3 Å². The summed E-state index contributed by atoms with van der Waals surface area (Å²) >= 11 is 1.43. The molecule has 1 aromatic rings. The normalized spacial score (nSPS) is 21.5. The Kier molecular flexibility index (Phi) is 5.75. The Bertz CT molecular complexity index is 538. The van der Waals surface area contributed by atoms with Gasteiger partial charge in [-0.2, -0.15) is 0 Å². The van der Waals surface area contributed by atoms with Gasteiger partial charge in [-0.15, -0.1) is 0 Å². The molecule has 136 valence electrons. The van der Waals surface area contributed by atoms with E-state index in [-0.39, 0.29) is 0 Å². The highest BCUT2D eigenvalue weighted by Gasteiger charge is 2.27. The van der Waals surface area contributed by atoms with Crippen LogP contribution in [0.1, 0.15) is 56.5 Å². The number of nitrogens with zero attached hydrogens (tertiary/aromatic N) is 2. The van der Waals surface area contributed by atoms with Crippen molar-refractivity contribution in [2.24, 2.45) is 11.8 Å². The SMILES string of the molecule is CC(CN1CCc2sc(OCC(C)(F)F)nc2C1)C1CCCCC1. The lowest BCUT2D eigenvalue weighted by atomic mass is 9.80. The van der Waals surface area contributed by atoms with Crippen LogP contribution in [-0.4, -0.2) is 35.5 Å². The zero-order valence-electron chi connectivity index (χ0n) is 14.7. The van der Waals surface area contributed by atoms with Gasteiger partial charge in [-0.05, 0) is 18.3 Å². The van der Waals surface area contributed by atoms with Crippen molar-refractivity contribution in [3.63, 3.8) is 0 Å². The van der Waals surface area contributed by atoms with E-state index in [1.54, 1.807) is 0 Å². The third-order valence-corrected chi connectivity index (χ3v) is 6.31. The predicted molar refractivity (Wildman–Crippen MR) is 93.0 cm³/mol. The molecule has 1 aliphatic carbocycles.